The van der Waals surface area contributed by atoms with Crippen LogP contribution in [0.15, 0.2) is 28.7 Å². The van der Waals surface area contributed by atoms with Gasteiger partial charge in [-0.05, 0) is 25.1 Å². The smallest absolute Gasteiger partial charge is 0.417 e. The molecule has 0 aliphatic heterocycles. The summed E-state index contributed by atoms with van der Waals surface area (Å²) in [4.78, 5) is 10.7. The van der Waals surface area contributed by atoms with Crippen LogP contribution >= 0.6 is 15.9 Å². The second-order valence-electron chi connectivity index (χ2n) is 4.16. The molecule has 1 unspecified atom stereocenters. The van der Waals surface area contributed by atoms with Gasteiger partial charge in [-0.3, -0.25) is 5.32 Å². The molecule has 112 valence electrons. The highest BCUT2D eigenvalue weighted by Crippen LogP contribution is 2.30. The first-order valence-corrected chi connectivity index (χ1v) is 6.39. The fourth-order valence-corrected chi connectivity index (χ4v) is 1.70. The predicted octanol–water partition coefficient (Wildman–Crippen LogP) is 2.82. The topological polar surface area (TPSA) is 58.6 Å². The van der Waals surface area contributed by atoms with Crippen molar-refractivity contribution in [2.75, 3.05) is 13.2 Å². The minimum absolute atomic E-state index is 0.0879. The molecule has 0 aromatic heterocycles. The molecule has 2 N–H and O–H groups in total. The molecule has 0 saturated carbocycles. The Morgan fingerprint density at radius 3 is 2.60 bits per heavy atom. The largest absolute Gasteiger partial charge is 0.492 e. The van der Waals surface area contributed by atoms with E-state index in [1.807, 2.05) is 5.32 Å². The van der Waals surface area contributed by atoms with E-state index in [-0.39, 0.29) is 13.2 Å². The van der Waals surface area contributed by atoms with E-state index in [4.69, 9.17) is 9.84 Å². The van der Waals surface area contributed by atoms with Crippen molar-refractivity contribution in [2.24, 2.45) is 0 Å². The van der Waals surface area contributed by atoms with Crippen LogP contribution in [0.25, 0.3) is 0 Å². The highest BCUT2D eigenvalue weighted by Gasteiger charge is 2.57. The highest BCUT2D eigenvalue weighted by atomic mass is 79.9. The van der Waals surface area contributed by atoms with Gasteiger partial charge < -0.3 is 9.84 Å². The third-order valence-electron chi connectivity index (χ3n) is 2.64. The summed E-state index contributed by atoms with van der Waals surface area (Å²) in [5, 5.41) is 10.7. The fraction of sp³-hybridized carbons (Fsp3) is 0.417. The van der Waals surface area contributed by atoms with Crippen molar-refractivity contribution in [3.8, 4) is 5.75 Å². The zero-order valence-corrected chi connectivity index (χ0v) is 12.1. The number of benzene rings is 1. The van der Waals surface area contributed by atoms with E-state index in [2.05, 4.69) is 15.9 Å². The second-order valence-corrected chi connectivity index (χ2v) is 5.08. The molecule has 8 heteroatoms. The molecule has 0 bridgehead atoms. The van der Waals surface area contributed by atoms with Crippen LogP contribution in [0.3, 0.4) is 0 Å². The summed E-state index contributed by atoms with van der Waals surface area (Å²) in [6.45, 7) is 0.235. The van der Waals surface area contributed by atoms with E-state index < -0.39 is 17.7 Å². The minimum Gasteiger partial charge on any atom is -0.492 e. The standard InChI is InChI=1S/C12H13BrF3NO3/c1-11(10(18)19,12(14,15)16)17-5-6-20-9-4-2-3-8(13)7-9/h2-4,7,17H,5-6H2,1H3,(H,18,19). The van der Waals surface area contributed by atoms with Gasteiger partial charge in [-0.15, -0.1) is 0 Å². The average Bonchev–Trinajstić information content (AvgIpc) is 2.32. The number of hydrogen-bond acceptors (Lipinski definition) is 3. The number of rotatable bonds is 6. The summed E-state index contributed by atoms with van der Waals surface area (Å²) < 4.78 is 44.0. The number of carboxylic acids is 1. The number of nitrogens with one attached hydrogen (secondary N) is 1. The number of carbonyl (C=O) groups is 1. The van der Waals surface area contributed by atoms with Crippen LogP contribution in [-0.2, 0) is 4.79 Å². The van der Waals surface area contributed by atoms with E-state index in [1.54, 1.807) is 24.3 Å². The lowest BCUT2D eigenvalue weighted by Crippen LogP contribution is -2.60. The van der Waals surface area contributed by atoms with Crippen LogP contribution in [0.5, 0.6) is 5.75 Å². The molecule has 0 fully saturated rings. The monoisotopic (exact) mass is 355 g/mol. The van der Waals surface area contributed by atoms with Gasteiger partial charge in [-0.2, -0.15) is 13.2 Å². The van der Waals surface area contributed by atoms with Crippen LogP contribution in [-0.4, -0.2) is 35.9 Å². The normalized spacial score (nSPS) is 14.7. The summed E-state index contributed by atoms with van der Waals surface area (Å²) in [5.41, 5.74) is -2.99. The summed E-state index contributed by atoms with van der Waals surface area (Å²) in [5.74, 6) is -1.50. The van der Waals surface area contributed by atoms with E-state index in [0.29, 0.717) is 12.7 Å². The first-order valence-electron chi connectivity index (χ1n) is 5.60. The van der Waals surface area contributed by atoms with Crippen LogP contribution in [0.2, 0.25) is 0 Å². The van der Waals surface area contributed by atoms with Crippen molar-refractivity contribution in [1.29, 1.82) is 0 Å². The zero-order chi connectivity index (χ0) is 15.4. The van der Waals surface area contributed by atoms with Crippen LogP contribution in [0, 0.1) is 0 Å². The van der Waals surface area contributed by atoms with Gasteiger partial charge in [0.25, 0.3) is 0 Å². The molecule has 20 heavy (non-hydrogen) atoms. The maximum atomic E-state index is 12.7. The molecule has 1 atom stereocenters. The molecule has 0 aliphatic carbocycles. The van der Waals surface area contributed by atoms with Crippen LogP contribution in [0.1, 0.15) is 6.92 Å². The third-order valence-corrected chi connectivity index (χ3v) is 3.13. The molecule has 0 heterocycles. The Morgan fingerprint density at radius 2 is 2.10 bits per heavy atom. The fourth-order valence-electron chi connectivity index (χ4n) is 1.32. The average molecular weight is 356 g/mol. The Kier molecular flexibility index (Phi) is 5.41. The molecule has 4 nitrogen and oxygen atoms in total. The molecule has 0 spiro atoms. The summed E-state index contributed by atoms with van der Waals surface area (Å²) in [7, 11) is 0. The van der Waals surface area contributed by atoms with E-state index in [1.165, 1.54) is 0 Å². The number of aliphatic carboxylic acids is 1. The zero-order valence-electron chi connectivity index (χ0n) is 10.5. The van der Waals surface area contributed by atoms with Gasteiger partial charge in [-0.1, -0.05) is 22.0 Å². The van der Waals surface area contributed by atoms with E-state index in [0.717, 1.165) is 4.47 Å². The first-order chi connectivity index (χ1) is 9.17. The molecule has 0 radical (unpaired) electrons. The lowest BCUT2D eigenvalue weighted by Gasteiger charge is -2.28. The maximum Gasteiger partial charge on any atom is 0.417 e. The lowest BCUT2D eigenvalue weighted by atomic mass is 10.0. The molecule has 0 saturated heterocycles. The van der Waals surface area contributed by atoms with Gasteiger partial charge in [0.1, 0.15) is 12.4 Å². The molecular weight excluding hydrogens is 343 g/mol. The van der Waals surface area contributed by atoms with Gasteiger partial charge in [0, 0.05) is 11.0 Å². The molecule has 1 aromatic rings. The Morgan fingerprint density at radius 1 is 1.45 bits per heavy atom. The first kappa shape index (κ1) is 16.8. The van der Waals surface area contributed by atoms with Crippen LogP contribution < -0.4 is 10.1 Å². The van der Waals surface area contributed by atoms with Crippen molar-refractivity contribution in [3.05, 3.63) is 28.7 Å². The molecule has 0 amide bonds. The quantitative estimate of drug-likeness (QED) is 0.770. The maximum absolute atomic E-state index is 12.7. The van der Waals surface area contributed by atoms with Crippen molar-refractivity contribution >= 4 is 21.9 Å². The van der Waals surface area contributed by atoms with Crippen molar-refractivity contribution < 1.29 is 27.8 Å². The van der Waals surface area contributed by atoms with Gasteiger partial charge >= 0.3 is 12.1 Å². The number of alkyl halides is 3. The van der Waals surface area contributed by atoms with Gasteiger partial charge in [0.15, 0.2) is 0 Å². The van der Waals surface area contributed by atoms with Gasteiger partial charge in [0.05, 0.1) is 0 Å². The Labute approximate surface area is 122 Å². The van der Waals surface area contributed by atoms with Crippen LogP contribution in [0.4, 0.5) is 13.2 Å². The Hall–Kier alpha value is -1.28. The molecular formula is C12H13BrF3NO3. The number of ether oxygens (including phenoxy) is 1. The second kappa shape index (κ2) is 6.45. The lowest BCUT2D eigenvalue weighted by molar-refractivity contribution is -0.206. The van der Waals surface area contributed by atoms with Crippen molar-refractivity contribution in [3.63, 3.8) is 0 Å². The summed E-state index contributed by atoms with van der Waals surface area (Å²) >= 11 is 3.23. The Bertz CT molecular complexity index is 481. The Balaban J connectivity index is 2.52. The van der Waals surface area contributed by atoms with E-state index in [9.17, 15) is 18.0 Å². The highest BCUT2D eigenvalue weighted by molar-refractivity contribution is 9.10. The van der Waals surface area contributed by atoms with Gasteiger partial charge in [-0.25, -0.2) is 4.79 Å². The molecule has 1 rings (SSSR count). The SMILES string of the molecule is CC(NCCOc1cccc(Br)c1)(C(=O)O)C(F)(F)F. The van der Waals surface area contributed by atoms with E-state index >= 15 is 0 Å². The minimum atomic E-state index is -4.89. The summed E-state index contributed by atoms with van der Waals surface area (Å²) in [6, 6.07) is 6.78. The van der Waals surface area contributed by atoms with Crippen molar-refractivity contribution in [1.82, 2.24) is 5.32 Å². The predicted molar refractivity (Wildman–Crippen MR) is 69.7 cm³/mol. The summed E-state index contributed by atoms with van der Waals surface area (Å²) in [6.07, 6.45) is -4.89. The third kappa shape index (κ3) is 4.11. The number of hydrogen-bond donors (Lipinski definition) is 2. The van der Waals surface area contributed by atoms with Crippen molar-refractivity contribution in [2.45, 2.75) is 18.6 Å². The van der Waals surface area contributed by atoms with Gasteiger partial charge in [0.2, 0.25) is 5.54 Å². The molecule has 1 aromatic carbocycles. The number of halogens is 4. The molecule has 0 aliphatic rings. The number of carboxylic acid groups (broad SMARTS) is 1.